The first-order valence-corrected chi connectivity index (χ1v) is 5.07. The molecule has 1 aromatic heterocycles. The van der Waals surface area contributed by atoms with Gasteiger partial charge >= 0.3 is 0 Å². The minimum atomic E-state index is 0.764. The second-order valence-electron chi connectivity index (χ2n) is 3.18. The molecule has 0 bridgehead atoms. The Morgan fingerprint density at radius 2 is 2.23 bits per heavy atom. The highest BCUT2D eigenvalue weighted by Gasteiger charge is 2.06. The van der Waals surface area contributed by atoms with Gasteiger partial charge in [0.25, 0.3) is 0 Å². The summed E-state index contributed by atoms with van der Waals surface area (Å²) in [5.41, 5.74) is 8.22. The maximum Gasteiger partial charge on any atom is 0.0524 e. The van der Waals surface area contributed by atoms with E-state index in [1.807, 2.05) is 6.20 Å². The van der Waals surface area contributed by atoms with Gasteiger partial charge in [0, 0.05) is 12.2 Å². The van der Waals surface area contributed by atoms with Crippen LogP contribution < -0.4 is 5.73 Å². The van der Waals surface area contributed by atoms with E-state index in [1.54, 1.807) is 0 Å². The first-order valence-electron chi connectivity index (χ1n) is 5.07. The van der Waals surface area contributed by atoms with Crippen LogP contribution in [-0.2, 0) is 19.4 Å². The quantitative estimate of drug-likeness (QED) is 0.745. The average Bonchev–Trinajstić information content (AvgIpc) is 2.56. The van der Waals surface area contributed by atoms with Crippen LogP contribution in [0.1, 0.15) is 31.5 Å². The lowest BCUT2D eigenvalue weighted by molar-refractivity contribution is 0.623. The molecule has 0 fully saturated rings. The van der Waals surface area contributed by atoms with Crippen LogP contribution in [-0.4, -0.2) is 16.3 Å². The van der Waals surface area contributed by atoms with Crippen LogP contribution in [0.3, 0.4) is 0 Å². The van der Waals surface area contributed by atoms with E-state index in [4.69, 9.17) is 5.73 Å². The van der Waals surface area contributed by atoms with Gasteiger partial charge < -0.3 is 5.73 Å². The molecule has 13 heavy (non-hydrogen) atoms. The zero-order valence-electron chi connectivity index (χ0n) is 8.58. The van der Waals surface area contributed by atoms with Gasteiger partial charge in [-0.25, -0.2) is 0 Å². The van der Waals surface area contributed by atoms with Crippen LogP contribution in [0.4, 0.5) is 0 Å². The maximum absolute atomic E-state index is 5.48. The Kier molecular flexibility index (Phi) is 3.96. The Hall–Kier alpha value is -0.830. The van der Waals surface area contributed by atoms with Crippen molar-refractivity contribution in [1.29, 1.82) is 0 Å². The minimum Gasteiger partial charge on any atom is -0.330 e. The largest absolute Gasteiger partial charge is 0.330 e. The Balaban J connectivity index is 2.75. The number of hydrogen-bond acceptors (Lipinski definition) is 2. The van der Waals surface area contributed by atoms with E-state index in [0.717, 1.165) is 32.4 Å². The third-order valence-electron chi connectivity index (χ3n) is 2.32. The van der Waals surface area contributed by atoms with Crippen LogP contribution in [0.15, 0.2) is 6.20 Å². The Bertz CT molecular complexity index is 253. The van der Waals surface area contributed by atoms with E-state index >= 15 is 0 Å². The highest BCUT2D eigenvalue weighted by atomic mass is 15.3. The predicted molar refractivity (Wildman–Crippen MR) is 54.7 cm³/mol. The molecule has 0 saturated carbocycles. The van der Waals surface area contributed by atoms with Crippen LogP contribution in [0.2, 0.25) is 0 Å². The summed E-state index contributed by atoms with van der Waals surface area (Å²) in [5.74, 6) is 0. The van der Waals surface area contributed by atoms with E-state index in [2.05, 4.69) is 23.6 Å². The third-order valence-corrected chi connectivity index (χ3v) is 2.32. The summed E-state index contributed by atoms with van der Waals surface area (Å²) in [6, 6.07) is 0. The molecule has 0 amide bonds. The molecule has 3 nitrogen and oxygen atoms in total. The molecule has 0 aromatic carbocycles. The first-order chi connectivity index (χ1) is 6.33. The first kappa shape index (κ1) is 10.3. The lowest BCUT2D eigenvalue weighted by Gasteiger charge is -2.04. The Morgan fingerprint density at radius 1 is 1.46 bits per heavy atom. The SMILES string of the molecule is CCc1c(CCCN)cnn1CC. The molecule has 0 saturated heterocycles. The van der Waals surface area contributed by atoms with Crippen molar-refractivity contribution in [1.82, 2.24) is 9.78 Å². The molecule has 3 heteroatoms. The van der Waals surface area contributed by atoms with Gasteiger partial charge in [-0.2, -0.15) is 5.10 Å². The molecule has 74 valence electrons. The Morgan fingerprint density at radius 3 is 2.77 bits per heavy atom. The van der Waals surface area contributed by atoms with E-state index in [-0.39, 0.29) is 0 Å². The molecule has 1 rings (SSSR count). The molecule has 0 unspecified atom stereocenters. The fraction of sp³-hybridized carbons (Fsp3) is 0.700. The number of nitrogens with zero attached hydrogens (tertiary/aromatic N) is 2. The fourth-order valence-electron chi connectivity index (χ4n) is 1.63. The van der Waals surface area contributed by atoms with Crippen molar-refractivity contribution in [3.05, 3.63) is 17.5 Å². The summed E-state index contributed by atoms with van der Waals surface area (Å²) in [6.45, 7) is 6.03. The third kappa shape index (κ3) is 2.31. The number of aromatic nitrogens is 2. The van der Waals surface area contributed by atoms with Gasteiger partial charge in [-0.15, -0.1) is 0 Å². The molecule has 0 atom stereocenters. The lowest BCUT2D eigenvalue weighted by atomic mass is 10.1. The highest BCUT2D eigenvalue weighted by molar-refractivity contribution is 5.17. The number of hydrogen-bond donors (Lipinski definition) is 1. The molecule has 1 heterocycles. The van der Waals surface area contributed by atoms with E-state index < -0.39 is 0 Å². The standard InChI is InChI=1S/C10H19N3/c1-3-10-9(6-5-7-11)8-12-13(10)4-2/h8H,3-7,11H2,1-2H3. The average molecular weight is 181 g/mol. The number of nitrogens with two attached hydrogens (primary N) is 1. The second kappa shape index (κ2) is 5.02. The molecule has 2 N–H and O–H groups in total. The summed E-state index contributed by atoms with van der Waals surface area (Å²) < 4.78 is 2.08. The van der Waals surface area contributed by atoms with Crippen LogP contribution in [0.5, 0.6) is 0 Å². The van der Waals surface area contributed by atoms with Crippen molar-refractivity contribution in [2.24, 2.45) is 5.73 Å². The summed E-state index contributed by atoms with van der Waals surface area (Å²) >= 11 is 0. The van der Waals surface area contributed by atoms with Gasteiger partial charge in [-0.1, -0.05) is 6.92 Å². The molecule has 0 aliphatic heterocycles. The van der Waals surface area contributed by atoms with Crippen molar-refractivity contribution in [3.63, 3.8) is 0 Å². The second-order valence-corrected chi connectivity index (χ2v) is 3.18. The van der Waals surface area contributed by atoms with Crippen LogP contribution in [0.25, 0.3) is 0 Å². The van der Waals surface area contributed by atoms with E-state index in [0.29, 0.717) is 0 Å². The van der Waals surface area contributed by atoms with Gasteiger partial charge in [-0.05, 0) is 38.3 Å². The fourth-order valence-corrected chi connectivity index (χ4v) is 1.63. The zero-order valence-corrected chi connectivity index (χ0v) is 8.58. The zero-order chi connectivity index (χ0) is 9.68. The molecule has 0 radical (unpaired) electrons. The van der Waals surface area contributed by atoms with Crippen molar-refractivity contribution >= 4 is 0 Å². The smallest absolute Gasteiger partial charge is 0.0524 e. The van der Waals surface area contributed by atoms with Crippen LogP contribution in [0, 0.1) is 0 Å². The summed E-state index contributed by atoms with van der Waals surface area (Å²) in [4.78, 5) is 0. The molecular weight excluding hydrogens is 162 g/mol. The molecular formula is C10H19N3. The van der Waals surface area contributed by atoms with Gasteiger partial charge in [0.05, 0.1) is 6.20 Å². The molecule has 0 aliphatic carbocycles. The molecule has 0 spiro atoms. The van der Waals surface area contributed by atoms with E-state index in [1.165, 1.54) is 11.3 Å². The molecule has 1 aromatic rings. The van der Waals surface area contributed by atoms with Crippen molar-refractivity contribution in [2.45, 2.75) is 39.7 Å². The molecule has 0 aliphatic rings. The normalized spacial score (nSPS) is 10.7. The Labute approximate surface area is 79.9 Å². The van der Waals surface area contributed by atoms with Crippen molar-refractivity contribution in [2.75, 3.05) is 6.54 Å². The highest BCUT2D eigenvalue weighted by Crippen LogP contribution is 2.11. The monoisotopic (exact) mass is 181 g/mol. The van der Waals surface area contributed by atoms with Gasteiger partial charge in [-0.3, -0.25) is 4.68 Å². The predicted octanol–water partition coefficient (Wildman–Crippen LogP) is 1.36. The van der Waals surface area contributed by atoms with E-state index in [9.17, 15) is 0 Å². The van der Waals surface area contributed by atoms with Gasteiger partial charge in [0.1, 0.15) is 0 Å². The van der Waals surface area contributed by atoms with Gasteiger partial charge in [0.2, 0.25) is 0 Å². The summed E-state index contributed by atoms with van der Waals surface area (Å²) in [5, 5.41) is 4.33. The minimum absolute atomic E-state index is 0.764. The van der Waals surface area contributed by atoms with Crippen molar-refractivity contribution in [3.8, 4) is 0 Å². The lowest BCUT2D eigenvalue weighted by Crippen LogP contribution is -2.04. The van der Waals surface area contributed by atoms with Gasteiger partial charge in [0.15, 0.2) is 0 Å². The van der Waals surface area contributed by atoms with Crippen LogP contribution >= 0.6 is 0 Å². The summed E-state index contributed by atoms with van der Waals surface area (Å²) in [6.07, 6.45) is 5.17. The topological polar surface area (TPSA) is 43.8 Å². The maximum atomic E-state index is 5.48. The summed E-state index contributed by atoms with van der Waals surface area (Å²) in [7, 11) is 0. The van der Waals surface area contributed by atoms with Crippen molar-refractivity contribution < 1.29 is 0 Å². The number of rotatable bonds is 5. The number of aryl methyl sites for hydroxylation is 2.